The second-order valence-corrected chi connectivity index (χ2v) is 7.71. The van der Waals surface area contributed by atoms with Gasteiger partial charge in [0.2, 0.25) is 0 Å². The van der Waals surface area contributed by atoms with Crippen molar-refractivity contribution >= 4 is 16.8 Å². The first-order valence-electron chi connectivity index (χ1n) is 9.90. The zero-order valence-electron chi connectivity index (χ0n) is 16.1. The molecule has 0 atom stereocenters. The quantitative estimate of drug-likeness (QED) is 0.664. The van der Waals surface area contributed by atoms with Gasteiger partial charge >= 0.3 is 0 Å². The van der Waals surface area contributed by atoms with E-state index in [2.05, 4.69) is 31.3 Å². The molecule has 1 aliphatic rings. The smallest absolute Gasteiger partial charge is 0.252 e. The zero-order chi connectivity index (χ0) is 18.8. The van der Waals surface area contributed by atoms with E-state index in [4.69, 9.17) is 4.98 Å². The van der Waals surface area contributed by atoms with Gasteiger partial charge in [0, 0.05) is 17.0 Å². The normalized spacial score (nSPS) is 15.0. The summed E-state index contributed by atoms with van der Waals surface area (Å²) in [5, 5.41) is 4.22. The summed E-state index contributed by atoms with van der Waals surface area (Å²) in [6.45, 7) is 4.14. The number of rotatable bonds is 3. The number of fused-ring (bicyclic) bond motifs is 1. The van der Waals surface area contributed by atoms with Crippen LogP contribution in [-0.2, 0) is 0 Å². The predicted molar refractivity (Wildman–Crippen MR) is 111 cm³/mol. The van der Waals surface area contributed by atoms with Crippen molar-refractivity contribution in [3.63, 3.8) is 0 Å². The largest absolute Gasteiger partial charge is 0.349 e. The molecule has 4 rings (SSSR count). The Hall–Kier alpha value is -2.68. The second-order valence-electron chi connectivity index (χ2n) is 7.71. The molecule has 0 spiro atoms. The first-order chi connectivity index (χ1) is 13.1. The molecule has 0 unspecified atom stereocenters. The minimum atomic E-state index is 0.0245. The average Bonchev–Trinajstić information content (AvgIpc) is 2.68. The molecule has 0 aliphatic heterocycles. The fraction of sp³-hybridized carbons (Fsp3) is 0.333. The van der Waals surface area contributed by atoms with E-state index in [0.29, 0.717) is 6.04 Å². The number of amides is 1. The lowest BCUT2D eigenvalue weighted by molar-refractivity contribution is 0.0929. The van der Waals surface area contributed by atoms with Gasteiger partial charge in [0.1, 0.15) is 0 Å². The summed E-state index contributed by atoms with van der Waals surface area (Å²) in [6, 6.07) is 16.6. The van der Waals surface area contributed by atoms with Crippen LogP contribution in [0, 0.1) is 13.8 Å². The van der Waals surface area contributed by atoms with Crippen molar-refractivity contribution in [3.8, 4) is 11.3 Å². The summed E-state index contributed by atoms with van der Waals surface area (Å²) in [7, 11) is 0. The maximum Gasteiger partial charge on any atom is 0.252 e. The maximum absolute atomic E-state index is 13.2. The van der Waals surface area contributed by atoms with Crippen molar-refractivity contribution < 1.29 is 4.79 Å². The number of carbonyl (C=O) groups is 1. The van der Waals surface area contributed by atoms with Crippen LogP contribution in [0.4, 0.5) is 0 Å². The SMILES string of the molecule is Cc1cc(C)c2nc(-c3ccccc3)cc(C(=O)NC3CCCCC3)c2c1. The summed E-state index contributed by atoms with van der Waals surface area (Å²) in [5.74, 6) is 0.0245. The monoisotopic (exact) mass is 358 g/mol. The molecule has 1 amide bonds. The van der Waals surface area contributed by atoms with Crippen LogP contribution in [0.15, 0.2) is 48.5 Å². The molecule has 3 heteroatoms. The highest BCUT2D eigenvalue weighted by atomic mass is 16.1. The van der Waals surface area contributed by atoms with Gasteiger partial charge in [-0.3, -0.25) is 4.79 Å². The summed E-state index contributed by atoms with van der Waals surface area (Å²) in [4.78, 5) is 18.1. The van der Waals surface area contributed by atoms with Crippen LogP contribution in [0.2, 0.25) is 0 Å². The van der Waals surface area contributed by atoms with Crippen LogP contribution < -0.4 is 5.32 Å². The number of aryl methyl sites for hydroxylation is 2. The van der Waals surface area contributed by atoms with E-state index in [0.717, 1.165) is 51.7 Å². The second kappa shape index (κ2) is 7.51. The van der Waals surface area contributed by atoms with Gasteiger partial charge in [-0.25, -0.2) is 4.98 Å². The fourth-order valence-corrected chi connectivity index (χ4v) is 4.14. The predicted octanol–water partition coefficient (Wildman–Crippen LogP) is 5.58. The van der Waals surface area contributed by atoms with Crippen LogP contribution in [0.1, 0.15) is 53.6 Å². The van der Waals surface area contributed by atoms with E-state index in [9.17, 15) is 4.79 Å². The van der Waals surface area contributed by atoms with Gasteiger partial charge in [-0.1, -0.05) is 61.2 Å². The molecular formula is C24H26N2O. The third kappa shape index (κ3) is 3.73. The van der Waals surface area contributed by atoms with Crippen molar-refractivity contribution in [2.45, 2.75) is 52.0 Å². The molecule has 0 bridgehead atoms. The molecule has 3 aromatic rings. The van der Waals surface area contributed by atoms with Gasteiger partial charge in [0.05, 0.1) is 16.8 Å². The number of pyridine rings is 1. The summed E-state index contributed by atoms with van der Waals surface area (Å²) in [6.07, 6.45) is 5.85. The highest BCUT2D eigenvalue weighted by Gasteiger charge is 2.20. The molecule has 2 aromatic carbocycles. The number of aromatic nitrogens is 1. The molecule has 0 radical (unpaired) electrons. The molecular weight excluding hydrogens is 332 g/mol. The number of nitrogens with zero attached hydrogens (tertiary/aromatic N) is 1. The summed E-state index contributed by atoms with van der Waals surface area (Å²) < 4.78 is 0. The summed E-state index contributed by atoms with van der Waals surface area (Å²) >= 11 is 0. The van der Waals surface area contributed by atoms with E-state index in [1.54, 1.807) is 0 Å². The zero-order valence-corrected chi connectivity index (χ0v) is 16.1. The van der Waals surface area contributed by atoms with Gasteiger partial charge in [-0.2, -0.15) is 0 Å². The third-order valence-corrected chi connectivity index (χ3v) is 5.50. The van der Waals surface area contributed by atoms with Crippen molar-refractivity contribution in [1.82, 2.24) is 10.3 Å². The molecule has 1 N–H and O–H groups in total. The average molecular weight is 358 g/mol. The molecule has 1 saturated carbocycles. The molecule has 1 fully saturated rings. The molecule has 3 nitrogen and oxygen atoms in total. The van der Waals surface area contributed by atoms with Crippen molar-refractivity contribution in [2.24, 2.45) is 0 Å². The Morgan fingerprint density at radius 3 is 2.48 bits per heavy atom. The van der Waals surface area contributed by atoms with Gasteiger partial charge in [-0.05, 0) is 44.4 Å². The first kappa shape index (κ1) is 17.7. The van der Waals surface area contributed by atoms with E-state index < -0.39 is 0 Å². The highest BCUT2D eigenvalue weighted by Crippen LogP contribution is 2.28. The lowest BCUT2D eigenvalue weighted by Crippen LogP contribution is -2.36. The molecule has 0 saturated heterocycles. The van der Waals surface area contributed by atoms with Crippen LogP contribution in [0.25, 0.3) is 22.2 Å². The van der Waals surface area contributed by atoms with E-state index in [1.165, 1.54) is 19.3 Å². The van der Waals surface area contributed by atoms with E-state index in [1.807, 2.05) is 36.4 Å². The number of hydrogen-bond donors (Lipinski definition) is 1. The fourth-order valence-electron chi connectivity index (χ4n) is 4.14. The Labute approximate surface area is 160 Å². The maximum atomic E-state index is 13.2. The standard InChI is InChI=1S/C24H26N2O/c1-16-13-17(2)23-20(14-16)21(24(27)25-19-11-7-4-8-12-19)15-22(26-23)18-9-5-3-6-10-18/h3,5-6,9-10,13-15,19H,4,7-8,11-12H2,1-2H3,(H,25,27). The Balaban J connectivity index is 1.82. The topological polar surface area (TPSA) is 42.0 Å². The number of nitrogens with one attached hydrogen (secondary N) is 1. The van der Waals surface area contributed by atoms with Crippen molar-refractivity contribution in [2.75, 3.05) is 0 Å². The van der Waals surface area contributed by atoms with Crippen molar-refractivity contribution in [1.29, 1.82) is 0 Å². The first-order valence-corrected chi connectivity index (χ1v) is 9.90. The van der Waals surface area contributed by atoms with Crippen LogP contribution in [0.5, 0.6) is 0 Å². The summed E-state index contributed by atoms with van der Waals surface area (Å²) in [5.41, 5.74) is 5.79. The molecule has 1 heterocycles. The Bertz CT molecular complexity index is 973. The lowest BCUT2D eigenvalue weighted by Gasteiger charge is -2.23. The Morgan fingerprint density at radius 2 is 1.74 bits per heavy atom. The van der Waals surface area contributed by atoms with E-state index >= 15 is 0 Å². The molecule has 1 aliphatic carbocycles. The lowest BCUT2D eigenvalue weighted by atomic mass is 9.94. The number of benzene rings is 2. The van der Waals surface area contributed by atoms with Gasteiger partial charge in [0.25, 0.3) is 5.91 Å². The minimum absolute atomic E-state index is 0.0245. The van der Waals surface area contributed by atoms with Crippen LogP contribution in [0.3, 0.4) is 0 Å². The Kier molecular flexibility index (Phi) is 4.93. The Morgan fingerprint density at radius 1 is 1.00 bits per heavy atom. The van der Waals surface area contributed by atoms with Gasteiger partial charge in [0.15, 0.2) is 0 Å². The van der Waals surface area contributed by atoms with Gasteiger partial charge in [-0.15, -0.1) is 0 Å². The van der Waals surface area contributed by atoms with Crippen LogP contribution >= 0.6 is 0 Å². The van der Waals surface area contributed by atoms with Crippen LogP contribution in [-0.4, -0.2) is 16.9 Å². The highest BCUT2D eigenvalue weighted by molar-refractivity contribution is 6.08. The van der Waals surface area contributed by atoms with E-state index in [-0.39, 0.29) is 5.91 Å². The third-order valence-electron chi connectivity index (χ3n) is 5.50. The van der Waals surface area contributed by atoms with Gasteiger partial charge < -0.3 is 5.32 Å². The molecule has 27 heavy (non-hydrogen) atoms. The number of hydrogen-bond acceptors (Lipinski definition) is 2. The minimum Gasteiger partial charge on any atom is -0.349 e. The molecule has 1 aromatic heterocycles. The van der Waals surface area contributed by atoms with Crippen molar-refractivity contribution in [3.05, 3.63) is 65.2 Å². The molecule has 138 valence electrons. The number of carbonyl (C=O) groups excluding carboxylic acids is 1.